The molecule has 0 fully saturated rings. The number of nitrogens with zero attached hydrogens (tertiary/aromatic N) is 3. The van der Waals surface area contributed by atoms with Crippen molar-refractivity contribution in [3.63, 3.8) is 0 Å². The molecule has 0 saturated heterocycles. The summed E-state index contributed by atoms with van der Waals surface area (Å²) >= 11 is 1.16. The van der Waals surface area contributed by atoms with Gasteiger partial charge in [0.05, 0.1) is 5.75 Å². The maximum Gasteiger partial charge on any atom is 0.387 e. The third-order valence-corrected chi connectivity index (χ3v) is 5.15. The van der Waals surface area contributed by atoms with Gasteiger partial charge in [-0.1, -0.05) is 42.1 Å². The number of alkyl halides is 2. The average molecular weight is 448 g/mol. The number of thioether (sulfide) groups is 1. The van der Waals surface area contributed by atoms with Crippen LogP contribution in [0.25, 0.3) is 11.5 Å². The highest BCUT2D eigenvalue weighted by atomic mass is 32.2. The van der Waals surface area contributed by atoms with Crippen molar-refractivity contribution in [2.45, 2.75) is 44.7 Å². The van der Waals surface area contributed by atoms with E-state index in [-0.39, 0.29) is 34.1 Å². The summed E-state index contributed by atoms with van der Waals surface area (Å²) in [5, 5.41) is 8.18. The Morgan fingerprint density at radius 1 is 1.10 bits per heavy atom. The zero-order valence-corrected chi connectivity index (χ0v) is 18.2. The maximum atomic E-state index is 12.9. The Labute approximate surface area is 183 Å². The predicted octanol–water partition coefficient (Wildman–Crippen LogP) is 5.26. The Kier molecular flexibility index (Phi) is 7.27. The summed E-state index contributed by atoms with van der Waals surface area (Å²) in [7, 11) is 0. The predicted molar refractivity (Wildman–Crippen MR) is 114 cm³/mol. The summed E-state index contributed by atoms with van der Waals surface area (Å²) in [6.45, 7) is 3.59. The van der Waals surface area contributed by atoms with Gasteiger partial charge in [0.1, 0.15) is 5.75 Å². The topological polar surface area (TPSA) is 68.5 Å². The zero-order chi connectivity index (χ0) is 22.4. The minimum atomic E-state index is -2.88. The molecule has 0 atom stereocenters. The van der Waals surface area contributed by atoms with E-state index in [1.54, 1.807) is 12.1 Å². The molecule has 0 unspecified atom stereocenters. The molecule has 1 heterocycles. The molecule has 0 aliphatic rings. The van der Waals surface area contributed by atoms with Crippen molar-refractivity contribution in [3.8, 4) is 17.2 Å². The summed E-state index contributed by atoms with van der Waals surface area (Å²) in [6.07, 6.45) is 0. The summed E-state index contributed by atoms with van der Waals surface area (Å²) in [4.78, 5) is 14.7. The number of halogens is 2. The minimum absolute atomic E-state index is 0.0409. The first-order valence-electron chi connectivity index (χ1n) is 9.58. The quantitative estimate of drug-likeness (QED) is 0.439. The van der Waals surface area contributed by atoms with Gasteiger partial charge in [-0.05, 0) is 50.6 Å². The van der Waals surface area contributed by atoms with Crippen LogP contribution in [0.5, 0.6) is 5.75 Å². The van der Waals surface area contributed by atoms with E-state index in [1.165, 1.54) is 12.1 Å². The van der Waals surface area contributed by atoms with Crippen LogP contribution in [0.2, 0.25) is 0 Å². The van der Waals surface area contributed by atoms with Crippen LogP contribution in [-0.2, 0) is 11.3 Å². The third-order valence-electron chi connectivity index (χ3n) is 4.35. The Balaban J connectivity index is 1.62. The second kappa shape index (κ2) is 9.91. The molecule has 6 nitrogen and oxygen atoms in total. The molecule has 3 aromatic rings. The number of carbonyl (C=O) groups is 1. The standard InChI is InChI=1S/C22H23F2N3O3S/c1-22(2,3)27(13-15-7-5-4-6-8-15)18(28)14-31-21-26-25-19(30-21)16-9-11-17(12-10-16)29-20(23)24/h4-12,20H,13-14H2,1-3H3. The maximum absolute atomic E-state index is 12.9. The van der Waals surface area contributed by atoms with Crippen molar-refractivity contribution in [2.75, 3.05) is 5.75 Å². The Hall–Kier alpha value is -2.94. The van der Waals surface area contributed by atoms with E-state index in [9.17, 15) is 13.6 Å². The highest BCUT2D eigenvalue weighted by Gasteiger charge is 2.27. The van der Waals surface area contributed by atoms with E-state index < -0.39 is 6.61 Å². The van der Waals surface area contributed by atoms with Crippen LogP contribution in [0.3, 0.4) is 0 Å². The third kappa shape index (κ3) is 6.52. The molecule has 0 bridgehead atoms. The van der Waals surface area contributed by atoms with Crippen LogP contribution < -0.4 is 4.74 Å². The minimum Gasteiger partial charge on any atom is -0.435 e. The Morgan fingerprint density at radius 3 is 2.39 bits per heavy atom. The number of ether oxygens (including phenoxy) is 1. The molecule has 2 aromatic carbocycles. The lowest BCUT2D eigenvalue weighted by molar-refractivity contribution is -0.133. The van der Waals surface area contributed by atoms with E-state index in [2.05, 4.69) is 14.9 Å². The number of hydrogen-bond donors (Lipinski definition) is 0. The van der Waals surface area contributed by atoms with Crippen LogP contribution in [0.1, 0.15) is 26.3 Å². The highest BCUT2D eigenvalue weighted by Crippen LogP contribution is 2.26. The van der Waals surface area contributed by atoms with Gasteiger partial charge in [0.15, 0.2) is 0 Å². The SMILES string of the molecule is CC(C)(C)N(Cc1ccccc1)C(=O)CSc1nnc(-c2ccc(OC(F)F)cc2)o1. The largest absolute Gasteiger partial charge is 0.435 e. The molecule has 1 aromatic heterocycles. The molecular formula is C22H23F2N3O3S. The molecule has 31 heavy (non-hydrogen) atoms. The van der Waals surface area contributed by atoms with Crippen LogP contribution in [0.4, 0.5) is 8.78 Å². The first-order chi connectivity index (χ1) is 14.7. The van der Waals surface area contributed by atoms with Crippen LogP contribution in [-0.4, -0.2) is 38.9 Å². The van der Waals surface area contributed by atoms with Gasteiger partial charge in [-0.15, -0.1) is 10.2 Å². The first kappa shape index (κ1) is 22.7. The van der Waals surface area contributed by atoms with Crippen molar-refractivity contribution in [1.29, 1.82) is 0 Å². The molecule has 3 rings (SSSR count). The molecule has 0 aliphatic carbocycles. The lowest BCUT2D eigenvalue weighted by Gasteiger charge is -2.35. The van der Waals surface area contributed by atoms with E-state index in [0.717, 1.165) is 17.3 Å². The molecule has 0 N–H and O–H groups in total. The number of aromatic nitrogens is 2. The zero-order valence-electron chi connectivity index (χ0n) is 17.4. The molecular weight excluding hydrogens is 424 g/mol. The van der Waals surface area contributed by atoms with Crippen molar-refractivity contribution in [2.24, 2.45) is 0 Å². The molecule has 0 saturated carbocycles. The monoisotopic (exact) mass is 447 g/mol. The summed E-state index contributed by atoms with van der Waals surface area (Å²) in [5.74, 6) is 0.372. The van der Waals surface area contributed by atoms with Gasteiger partial charge in [0, 0.05) is 17.6 Å². The Morgan fingerprint density at radius 2 is 1.77 bits per heavy atom. The van der Waals surface area contributed by atoms with Gasteiger partial charge in [0.2, 0.25) is 11.8 Å². The van der Waals surface area contributed by atoms with Gasteiger partial charge in [-0.25, -0.2) is 0 Å². The normalized spacial score (nSPS) is 11.5. The van der Waals surface area contributed by atoms with Crippen LogP contribution in [0, 0.1) is 0 Å². The molecule has 164 valence electrons. The summed E-state index contributed by atoms with van der Waals surface area (Å²) in [5.41, 5.74) is 1.26. The van der Waals surface area contributed by atoms with E-state index in [0.29, 0.717) is 12.1 Å². The highest BCUT2D eigenvalue weighted by molar-refractivity contribution is 7.99. The fraction of sp³-hybridized carbons (Fsp3) is 0.318. The van der Waals surface area contributed by atoms with E-state index in [4.69, 9.17) is 4.42 Å². The van der Waals surface area contributed by atoms with Crippen molar-refractivity contribution < 1.29 is 22.7 Å². The Bertz CT molecular complexity index is 989. The lowest BCUT2D eigenvalue weighted by Crippen LogP contribution is -2.45. The number of amides is 1. The van der Waals surface area contributed by atoms with Crippen LogP contribution >= 0.6 is 11.8 Å². The second-order valence-electron chi connectivity index (χ2n) is 7.70. The summed E-state index contributed by atoms with van der Waals surface area (Å²) in [6, 6.07) is 15.7. The van der Waals surface area contributed by atoms with Crippen molar-refractivity contribution >= 4 is 17.7 Å². The number of carbonyl (C=O) groups excluding carboxylic acids is 1. The second-order valence-corrected chi connectivity index (χ2v) is 8.63. The summed E-state index contributed by atoms with van der Waals surface area (Å²) < 4.78 is 34.4. The molecule has 0 spiro atoms. The lowest BCUT2D eigenvalue weighted by atomic mass is 10.0. The number of rotatable bonds is 8. The number of benzene rings is 2. The number of hydrogen-bond acceptors (Lipinski definition) is 6. The molecule has 9 heteroatoms. The fourth-order valence-corrected chi connectivity index (χ4v) is 3.47. The molecule has 0 radical (unpaired) electrons. The van der Waals surface area contributed by atoms with Crippen molar-refractivity contribution in [1.82, 2.24) is 15.1 Å². The molecule has 0 aliphatic heterocycles. The van der Waals surface area contributed by atoms with Crippen molar-refractivity contribution in [3.05, 3.63) is 60.2 Å². The smallest absolute Gasteiger partial charge is 0.387 e. The molecule has 1 amide bonds. The van der Waals surface area contributed by atoms with Gasteiger partial charge in [0.25, 0.3) is 5.22 Å². The van der Waals surface area contributed by atoms with Gasteiger partial charge in [-0.2, -0.15) is 8.78 Å². The van der Waals surface area contributed by atoms with E-state index >= 15 is 0 Å². The van der Waals surface area contributed by atoms with Gasteiger partial charge < -0.3 is 14.1 Å². The fourth-order valence-electron chi connectivity index (χ4n) is 2.83. The first-order valence-corrected chi connectivity index (χ1v) is 10.6. The van der Waals surface area contributed by atoms with Gasteiger partial charge >= 0.3 is 6.61 Å². The van der Waals surface area contributed by atoms with Crippen LogP contribution in [0.15, 0.2) is 64.2 Å². The average Bonchev–Trinajstić information content (AvgIpc) is 3.19. The van der Waals surface area contributed by atoms with E-state index in [1.807, 2.05) is 56.0 Å². The van der Waals surface area contributed by atoms with Gasteiger partial charge in [-0.3, -0.25) is 4.79 Å².